The minimum Gasteiger partial charge on any atom is -0.457 e. The second-order valence-electron chi connectivity index (χ2n) is 5.55. The summed E-state index contributed by atoms with van der Waals surface area (Å²) >= 11 is 0. The number of benzene rings is 2. The Hall–Kier alpha value is -1.88. The Balaban J connectivity index is 1.58. The standard InChI is InChI=1S/C18H22N2O2/c21-18(14-20-12-10-19-11-13-20)15-6-8-17(9-7-15)22-16-4-2-1-3-5-16/h1-9,18-19,21H,10-14H2. The van der Waals surface area contributed by atoms with Crippen LogP contribution in [0.5, 0.6) is 11.5 Å². The third kappa shape index (κ3) is 4.07. The summed E-state index contributed by atoms with van der Waals surface area (Å²) in [5.74, 6) is 1.60. The maximum Gasteiger partial charge on any atom is 0.127 e. The largest absolute Gasteiger partial charge is 0.457 e. The van der Waals surface area contributed by atoms with Gasteiger partial charge in [-0.2, -0.15) is 0 Å². The van der Waals surface area contributed by atoms with Crippen molar-refractivity contribution in [3.8, 4) is 11.5 Å². The van der Waals surface area contributed by atoms with E-state index >= 15 is 0 Å². The monoisotopic (exact) mass is 298 g/mol. The van der Waals surface area contributed by atoms with Crippen molar-refractivity contribution >= 4 is 0 Å². The average Bonchev–Trinajstić information content (AvgIpc) is 2.57. The SMILES string of the molecule is OC(CN1CCNCC1)c1ccc(Oc2ccccc2)cc1. The molecule has 4 heteroatoms. The number of hydrogen-bond donors (Lipinski definition) is 2. The quantitative estimate of drug-likeness (QED) is 0.890. The van der Waals surface area contributed by atoms with E-state index in [4.69, 9.17) is 4.74 Å². The molecule has 1 aliphatic rings. The Bertz CT molecular complexity index is 565. The lowest BCUT2D eigenvalue weighted by Crippen LogP contribution is -2.44. The summed E-state index contributed by atoms with van der Waals surface area (Å²) in [6, 6.07) is 17.4. The van der Waals surface area contributed by atoms with Crippen LogP contribution in [0.25, 0.3) is 0 Å². The Morgan fingerprint density at radius 3 is 2.27 bits per heavy atom. The molecule has 116 valence electrons. The molecule has 0 radical (unpaired) electrons. The van der Waals surface area contributed by atoms with Gasteiger partial charge in [-0.1, -0.05) is 30.3 Å². The molecule has 1 fully saturated rings. The summed E-state index contributed by atoms with van der Waals surface area (Å²) in [5, 5.41) is 13.7. The van der Waals surface area contributed by atoms with Crippen LogP contribution in [-0.2, 0) is 0 Å². The molecule has 1 atom stereocenters. The highest BCUT2D eigenvalue weighted by molar-refractivity contribution is 5.33. The van der Waals surface area contributed by atoms with Crippen molar-refractivity contribution in [2.75, 3.05) is 32.7 Å². The highest BCUT2D eigenvalue weighted by Crippen LogP contribution is 2.23. The Kier molecular flexibility index (Phi) is 5.06. The molecule has 22 heavy (non-hydrogen) atoms. The number of β-amino-alcohol motifs (C(OH)–C–C–N with tert-alkyl or cyclic N) is 1. The molecule has 4 nitrogen and oxygen atoms in total. The fourth-order valence-electron chi connectivity index (χ4n) is 2.63. The van der Waals surface area contributed by atoms with Crippen molar-refractivity contribution in [1.29, 1.82) is 0 Å². The molecular weight excluding hydrogens is 276 g/mol. The maximum atomic E-state index is 10.4. The normalized spacial score (nSPS) is 17.1. The van der Waals surface area contributed by atoms with Crippen LogP contribution in [0.15, 0.2) is 54.6 Å². The molecule has 0 aliphatic carbocycles. The topological polar surface area (TPSA) is 44.7 Å². The van der Waals surface area contributed by atoms with Gasteiger partial charge in [0.1, 0.15) is 11.5 Å². The number of nitrogens with zero attached hydrogens (tertiary/aromatic N) is 1. The minimum atomic E-state index is -0.455. The van der Waals surface area contributed by atoms with Gasteiger partial charge in [0.2, 0.25) is 0 Å². The minimum absolute atomic E-state index is 0.455. The third-order valence-electron chi connectivity index (χ3n) is 3.88. The fraction of sp³-hybridized carbons (Fsp3) is 0.333. The van der Waals surface area contributed by atoms with E-state index in [1.54, 1.807) is 0 Å². The van der Waals surface area contributed by atoms with Gasteiger partial charge in [0.05, 0.1) is 6.10 Å². The molecule has 0 bridgehead atoms. The van der Waals surface area contributed by atoms with Crippen molar-refractivity contribution in [3.63, 3.8) is 0 Å². The van der Waals surface area contributed by atoms with E-state index in [1.807, 2.05) is 54.6 Å². The van der Waals surface area contributed by atoms with E-state index in [0.717, 1.165) is 43.2 Å². The summed E-state index contributed by atoms with van der Waals surface area (Å²) in [7, 11) is 0. The average molecular weight is 298 g/mol. The maximum absolute atomic E-state index is 10.4. The Morgan fingerprint density at radius 1 is 0.955 bits per heavy atom. The summed E-state index contributed by atoms with van der Waals surface area (Å²) in [5.41, 5.74) is 0.930. The second kappa shape index (κ2) is 7.40. The molecule has 0 amide bonds. The number of nitrogens with one attached hydrogen (secondary N) is 1. The summed E-state index contributed by atoms with van der Waals surface area (Å²) in [6.07, 6.45) is -0.455. The van der Waals surface area contributed by atoms with Crippen molar-refractivity contribution in [3.05, 3.63) is 60.2 Å². The van der Waals surface area contributed by atoms with Gasteiger partial charge in [0.15, 0.2) is 0 Å². The predicted octanol–water partition coefficient (Wildman–Crippen LogP) is 2.42. The van der Waals surface area contributed by atoms with Gasteiger partial charge in [0, 0.05) is 32.7 Å². The van der Waals surface area contributed by atoms with Crippen LogP contribution < -0.4 is 10.1 Å². The van der Waals surface area contributed by atoms with Crippen LogP contribution in [0.1, 0.15) is 11.7 Å². The summed E-state index contributed by atoms with van der Waals surface area (Å²) in [4.78, 5) is 2.29. The first-order valence-electron chi connectivity index (χ1n) is 7.75. The highest BCUT2D eigenvalue weighted by Gasteiger charge is 2.15. The van der Waals surface area contributed by atoms with Gasteiger partial charge in [-0.3, -0.25) is 4.90 Å². The number of aliphatic hydroxyl groups excluding tert-OH is 1. The van der Waals surface area contributed by atoms with Gasteiger partial charge in [-0.25, -0.2) is 0 Å². The van der Waals surface area contributed by atoms with Crippen LogP contribution in [-0.4, -0.2) is 42.7 Å². The van der Waals surface area contributed by atoms with Crippen LogP contribution in [0.3, 0.4) is 0 Å². The van der Waals surface area contributed by atoms with Crippen molar-refractivity contribution < 1.29 is 9.84 Å². The molecule has 0 saturated carbocycles. The Morgan fingerprint density at radius 2 is 1.59 bits per heavy atom. The second-order valence-corrected chi connectivity index (χ2v) is 5.55. The summed E-state index contributed by atoms with van der Waals surface area (Å²) in [6.45, 7) is 4.66. The number of piperazine rings is 1. The molecular formula is C18H22N2O2. The fourth-order valence-corrected chi connectivity index (χ4v) is 2.63. The molecule has 1 aliphatic heterocycles. The molecule has 1 heterocycles. The molecule has 1 saturated heterocycles. The number of ether oxygens (including phenoxy) is 1. The number of aliphatic hydroxyl groups is 1. The van der Waals surface area contributed by atoms with E-state index in [9.17, 15) is 5.11 Å². The smallest absolute Gasteiger partial charge is 0.127 e. The van der Waals surface area contributed by atoms with Crippen LogP contribution in [0.4, 0.5) is 0 Å². The van der Waals surface area contributed by atoms with Gasteiger partial charge in [-0.05, 0) is 29.8 Å². The zero-order valence-corrected chi connectivity index (χ0v) is 12.6. The van der Waals surface area contributed by atoms with Gasteiger partial charge in [-0.15, -0.1) is 0 Å². The van der Waals surface area contributed by atoms with Crippen LogP contribution in [0.2, 0.25) is 0 Å². The lowest BCUT2D eigenvalue weighted by Gasteiger charge is -2.29. The van der Waals surface area contributed by atoms with Gasteiger partial charge in [0.25, 0.3) is 0 Å². The van der Waals surface area contributed by atoms with Crippen LogP contribution >= 0.6 is 0 Å². The van der Waals surface area contributed by atoms with E-state index in [-0.39, 0.29) is 0 Å². The summed E-state index contributed by atoms with van der Waals surface area (Å²) < 4.78 is 5.76. The van der Waals surface area contributed by atoms with Crippen molar-refractivity contribution in [1.82, 2.24) is 10.2 Å². The van der Waals surface area contributed by atoms with Crippen molar-refractivity contribution in [2.24, 2.45) is 0 Å². The number of rotatable bonds is 5. The van der Waals surface area contributed by atoms with E-state index in [1.165, 1.54) is 0 Å². The van der Waals surface area contributed by atoms with Gasteiger partial charge >= 0.3 is 0 Å². The molecule has 0 aromatic heterocycles. The highest BCUT2D eigenvalue weighted by atomic mass is 16.5. The van der Waals surface area contributed by atoms with E-state index in [2.05, 4.69) is 10.2 Å². The lowest BCUT2D eigenvalue weighted by molar-refractivity contribution is 0.105. The first-order chi connectivity index (χ1) is 10.8. The van der Waals surface area contributed by atoms with Crippen molar-refractivity contribution in [2.45, 2.75) is 6.10 Å². The molecule has 2 aromatic carbocycles. The Labute approximate surface area is 131 Å². The number of para-hydroxylation sites is 1. The zero-order chi connectivity index (χ0) is 15.2. The number of hydrogen-bond acceptors (Lipinski definition) is 4. The van der Waals surface area contributed by atoms with Crippen LogP contribution in [0, 0.1) is 0 Å². The third-order valence-corrected chi connectivity index (χ3v) is 3.88. The molecule has 2 aromatic rings. The van der Waals surface area contributed by atoms with E-state index in [0.29, 0.717) is 6.54 Å². The first kappa shape index (κ1) is 15.0. The van der Waals surface area contributed by atoms with Gasteiger partial charge < -0.3 is 15.2 Å². The molecule has 2 N–H and O–H groups in total. The molecule has 1 unspecified atom stereocenters. The molecule has 0 spiro atoms. The zero-order valence-electron chi connectivity index (χ0n) is 12.6. The van der Waals surface area contributed by atoms with E-state index < -0.39 is 6.10 Å². The first-order valence-corrected chi connectivity index (χ1v) is 7.75. The molecule has 3 rings (SSSR count). The predicted molar refractivity (Wildman–Crippen MR) is 87.2 cm³/mol. The lowest BCUT2D eigenvalue weighted by atomic mass is 10.1.